The van der Waals surface area contributed by atoms with Gasteiger partial charge in [-0.2, -0.15) is 5.26 Å². The SMILES string of the molecule is COC(=O)c1ccc(CSc2cc(C#N)ccn2)c(Br)c1. The van der Waals surface area contributed by atoms with Crippen molar-refractivity contribution >= 4 is 33.7 Å². The van der Waals surface area contributed by atoms with Crippen LogP contribution in [0.4, 0.5) is 0 Å². The van der Waals surface area contributed by atoms with Crippen molar-refractivity contribution in [1.29, 1.82) is 5.26 Å². The Morgan fingerprint density at radius 2 is 2.24 bits per heavy atom. The summed E-state index contributed by atoms with van der Waals surface area (Å²) in [6.45, 7) is 0. The van der Waals surface area contributed by atoms with Crippen LogP contribution >= 0.6 is 27.7 Å². The largest absolute Gasteiger partial charge is 0.465 e. The summed E-state index contributed by atoms with van der Waals surface area (Å²) >= 11 is 4.98. The van der Waals surface area contributed by atoms with Gasteiger partial charge in [-0.3, -0.25) is 0 Å². The first-order valence-corrected chi connectivity index (χ1v) is 7.77. The van der Waals surface area contributed by atoms with E-state index in [0.29, 0.717) is 16.9 Å². The van der Waals surface area contributed by atoms with Crippen LogP contribution in [-0.2, 0) is 10.5 Å². The third-order valence-electron chi connectivity index (χ3n) is 2.71. The fourth-order valence-corrected chi connectivity index (χ4v) is 3.22. The molecule has 1 aromatic carbocycles. The molecule has 4 nitrogen and oxygen atoms in total. The van der Waals surface area contributed by atoms with E-state index in [-0.39, 0.29) is 5.97 Å². The number of thioether (sulfide) groups is 1. The molecule has 1 aromatic heterocycles. The Balaban J connectivity index is 2.10. The number of carbonyl (C=O) groups is 1. The van der Waals surface area contributed by atoms with Crippen molar-refractivity contribution in [2.45, 2.75) is 10.8 Å². The van der Waals surface area contributed by atoms with Gasteiger partial charge in [0.05, 0.1) is 29.3 Å². The summed E-state index contributed by atoms with van der Waals surface area (Å²) in [6.07, 6.45) is 1.62. The summed E-state index contributed by atoms with van der Waals surface area (Å²) in [5, 5.41) is 9.65. The van der Waals surface area contributed by atoms with Gasteiger partial charge in [0.25, 0.3) is 0 Å². The molecule has 21 heavy (non-hydrogen) atoms. The molecule has 0 aliphatic rings. The molecule has 2 aromatic rings. The van der Waals surface area contributed by atoms with E-state index in [1.165, 1.54) is 18.9 Å². The van der Waals surface area contributed by atoms with Gasteiger partial charge in [-0.05, 0) is 29.8 Å². The van der Waals surface area contributed by atoms with Gasteiger partial charge in [-0.25, -0.2) is 9.78 Å². The van der Waals surface area contributed by atoms with E-state index in [0.717, 1.165) is 15.1 Å². The second kappa shape index (κ2) is 7.25. The predicted octanol–water partition coefficient (Wildman–Crippen LogP) is 3.79. The molecule has 0 aliphatic heterocycles. The quantitative estimate of drug-likeness (QED) is 0.611. The van der Waals surface area contributed by atoms with Gasteiger partial charge in [0, 0.05) is 16.4 Å². The normalized spacial score (nSPS) is 9.95. The van der Waals surface area contributed by atoms with E-state index in [1.54, 1.807) is 30.5 Å². The van der Waals surface area contributed by atoms with Crippen LogP contribution in [0.25, 0.3) is 0 Å². The Labute approximate surface area is 135 Å². The fourth-order valence-electron chi connectivity index (χ4n) is 1.62. The minimum absolute atomic E-state index is 0.363. The van der Waals surface area contributed by atoms with Gasteiger partial charge in [-0.15, -0.1) is 11.8 Å². The number of aromatic nitrogens is 1. The van der Waals surface area contributed by atoms with Crippen LogP contribution in [0.3, 0.4) is 0 Å². The Bertz CT molecular complexity index is 713. The Hall–Kier alpha value is -1.84. The number of nitriles is 1. The highest BCUT2D eigenvalue weighted by atomic mass is 79.9. The van der Waals surface area contributed by atoms with E-state index in [1.807, 2.05) is 6.07 Å². The van der Waals surface area contributed by atoms with Crippen LogP contribution in [0, 0.1) is 11.3 Å². The zero-order valence-electron chi connectivity index (χ0n) is 11.2. The van der Waals surface area contributed by atoms with Crippen molar-refractivity contribution in [3.05, 3.63) is 57.7 Å². The number of benzene rings is 1. The molecule has 0 bridgehead atoms. The number of carbonyl (C=O) groups excluding carboxylic acids is 1. The van der Waals surface area contributed by atoms with Crippen LogP contribution in [0.15, 0.2) is 46.0 Å². The molecule has 6 heteroatoms. The highest BCUT2D eigenvalue weighted by molar-refractivity contribution is 9.10. The van der Waals surface area contributed by atoms with Crippen molar-refractivity contribution < 1.29 is 9.53 Å². The van der Waals surface area contributed by atoms with E-state index >= 15 is 0 Å². The van der Waals surface area contributed by atoms with E-state index in [9.17, 15) is 4.79 Å². The molecule has 0 N–H and O–H groups in total. The summed E-state index contributed by atoms with van der Waals surface area (Å²) in [4.78, 5) is 15.7. The molecule has 2 rings (SSSR count). The molecule has 0 spiro atoms. The lowest BCUT2D eigenvalue weighted by atomic mass is 10.1. The molecule has 0 fully saturated rings. The van der Waals surface area contributed by atoms with Gasteiger partial charge >= 0.3 is 5.97 Å². The number of halogens is 1. The monoisotopic (exact) mass is 362 g/mol. The number of esters is 1. The number of nitrogens with zero attached hydrogens (tertiary/aromatic N) is 2. The molecule has 0 aliphatic carbocycles. The van der Waals surface area contributed by atoms with E-state index < -0.39 is 0 Å². The Morgan fingerprint density at radius 1 is 1.43 bits per heavy atom. The smallest absolute Gasteiger partial charge is 0.337 e. The van der Waals surface area contributed by atoms with Crippen molar-refractivity contribution in [2.75, 3.05) is 7.11 Å². The van der Waals surface area contributed by atoms with Gasteiger partial charge in [0.2, 0.25) is 0 Å². The number of hydrogen-bond donors (Lipinski definition) is 0. The van der Waals surface area contributed by atoms with Crippen molar-refractivity contribution in [3.63, 3.8) is 0 Å². The average molecular weight is 363 g/mol. The summed E-state index contributed by atoms with van der Waals surface area (Å²) < 4.78 is 5.52. The number of methoxy groups -OCH3 is 1. The van der Waals surface area contributed by atoms with Crippen LogP contribution < -0.4 is 0 Å². The second-order valence-electron chi connectivity index (χ2n) is 4.08. The van der Waals surface area contributed by atoms with Crippen molar-refractivity contribution in [1.82, 2.24) is 4.98 Å². The molecule has 0 unspecified atom stereocenters. The zero-order chi connectivity index (χ0) is 15.2. The van der Waals surface area contributed by atoms with Gasteiger partial charge < -0.3 is 4.74 Å². The molecule has 106 valence electrons. The minimum atomic E-state index is -0.363. The van der Waals surface area contributed by atoms with Crippen molar-refractivity contribution in [2.24, 2.45) is 0 Å². The second-order valence-corrected chi connectivity index (χ2v) is 5.93. The van der Waals surface area contributed by atoms with Gasteiger partial charge in [0.15, 0.2) is 0 Å². The first-order chi connectivity index (χ1) is 10.1. The minimum Gasteiger partial charge on any atom is -0.465 e. The molecule has 0 atom stereocenters. The summed E-state index contributed by atoms with van der Waals surface area (Å²) in [5.74, 6) is 0.322. The molecule has 0 amide bonds. The number of ether oxygens (including phenoxy) is 1. The topological polar surface area (TPSA) is 63.0 Å². The Morgan fingerprint density at radius 3 is 2.90 bits per heavy atom. The predicted molar refractivity (Wildman–Crippen MR) is 84.0 cm³/mol. The van der Waals surface area contributed by atoms with Gasteiger partial charge in [0.1, 0.15) is 0 Å². The number of pyridine rings is 1. The highest BCUT2D eigenvalue weighted by Crippen LogP contribution is 2.27. The maximum absolute atomic E-state index is 11.4. The van der Waals surface area contributed by atoms with Crippen LogP contribution in [0.1, 0.15) is 21.5 Å². The van der Waals surface area contributed by atoms with E-state index in [4.69, 9.17) is 5.26 Å². The van der Waals surface area contributed by atoms with Crippen LogP contribution in [0.5, 0.6) is 0 Å². The lowest BCUT2D eigenvalue weighted by Gasteiger charge is -2.06. The standard InChI is InChI=1S/C15H11BrN2O2S/c1-20-15(19)11-2-3-12(13(16)7-11)9-21-14-6-10(8-17)4-5-18-14/h2-7H,9H2,1H3. The average Bonchev–Trinajstić information content (AvgIpc) is 2.53. The molecule has 1 heterocycles. The first kappa shape index (κ1) is 15.5. The third kappa shape index (κ3) is 4.06. The molecule has 0 saturated heterocycles. The zero-order valence-corrected chi connectivity index (χ0v) is 13.6. The summed E-state index contributed by atoms with van der Waals surface area (Å²) in [6, 6.07) is 10.8. The number of hydrogen-bond acceptors (Lipinski definition) is 5. The maximum atomic E-state index is 11.4. The molecular formula is C15H11BrN2O2S. The van der Waals surface area contributed by atoms with Gasteiger partial charge in [-0.1, -0.05) is 22.0 Å². The van der Waals surface area contributed by atoms with Crippen LogP contribution in [-0.4, -0.2) is 18.1 Å². The highest BCUT2D eigenvalue weighted by Gasteiger charge is 2.09. The molecule has 0 radical (unpaired) electrons. The summed E-state index contributed by atoms with van der Waals surface area (Å²) in [5.41, 5.74) is 2.13. The first-order valence-electron chi connectivity index (χ1n) is 5.99. The molecule has 0 saturated carbocycles. The molecular weight excluding hydrogens is 352 g/mol. The summed E-state index contributed by atoms with van der Waals surface area (Å²) in [7, 11) is 1.36. The van der Waals surface area contributed by atoms with Crippen molar-refractivity contribution in [3.8, 4) is 6.07 Å². The lowest BCUT2D eigenvalue weighted by molar-refractivity contribution is 0.0600. The Kier molecular flexibility index (Phi) is 5.37. The third-order valence-corrected chi connectivity index (χ3v) is 4.43. The fraction of sp³-hybridized carbons (Fsp3) is 0.133. The maximum Gasteiger partial charge on any atom is 0.337 e. The number of rotatable bonds is 4. The van der Waals surface area contributed by atoms with E-state index in [2.05, 4.69) is 31.7 Å². The lowest BCUT2D eigenvalue weighted by Crippen LogP contribution is -2.01. The van der Waals surface area contributed by atoms with Crippen LogP contribution in [0.2, 0.25) is 0 Å².